The van der Waals surface area contributed by atoms with Gasteiger partial charge in [0.2, 0.25) is 11.6 Å². The van der Waals surface area contributed by atoms with Crippen LogP contribution < -0.4 is 0 Å². The van der Waals surface area contributed by atoms with Crippen LogP contribution in [-0.4, -0.2) is 34.3 Å². The van der Waals surface area contributed by atoms with Crippen molar-refractivity contribution in [3.63, 3.8) is 0 Å². The molecule has 6 nitrogen and oxygen atoms in total. The Bertz CT molecular complexity index is 964. The number of carbonyl (C=O) groups excluding carboxylic acids is 3. The summed E-state index contributed by atoms with van der Waals surface area (Å²) in [6, 6.07) is 5.95. The first kappa shape index (κ1) is 16.3. The number of phenols is 1. The fourth-order valence-corrected chi connectivity index (χ4v) is 3.53. The minimum atomic E-state index is -1.56. The van der Waals surface area contributed by atoms with Gasteiger partial charge < -0.3 is 14.6 Å². The van der Waals surface area contributed by atoms with Gasteiger partial charge in [0.05, 0.1) is 23.5 Å². The Morgan fingerprint density at radius 3 is 2.73 bits per heavy atom. The van der Waals surface area contributed by atoms with E-state index in [1.54, 1.807) is 18.2 Å². The number of esters is 1. The topological polar surface area (TPSA) is 89.9 Å². The van der Waals surface area contributed by atoms with Gasteiger partial charge in [-0.15, -0.1) is 0 Å². The second-order valence-electron chi connectivity index (χ2n) is 6.74. The highest BCUT2D eigenvalue weighted by Crippen LogP contribution is 2.45. The van der Waals surface area contributed by atoms with E-state index in [0.717, 1.165) is 0 Å². The lowest BCUT2D eigenvalue weighted by Gasteiger charge is -2.33. The first-order chi connectivity index (χ1) is 12.3. The van der Waals surface area contributed by atoms with Crippen molar-refractivity contribution in [3.05, 3.63) is 64.5 Å². The van der Waals surface area contributed by atoms with Crippen LogP contribution in [0.15, 0.2) is 58.9 Å². The van der Waals surface area contributed by atoms with E-state index in [9.17, 15) is 19.5 Å². The molecule has 2 unspecified atom stereocenters. The molecule has 0 aromatic heterocycles. The fraction of sp³-hybridized carbons (Fsp3) is 0.250. The normalized spacial score (nSPS) is 27.1. The first-order valence-corrected chi connectivity index (χ1v) is 8.25. The third kappa shape index (κ3) is 2.15. The number of hydrogen-bond acceptors (Lipinski definition) is 6. The van der Waals surface area contributed by atoms with Gasteiger partial charge in [0, 0.05) is 12.0 Å². The average Bonchev–Trinajstić information content (AvgIpc) is 2.86. The lowest BCUT2D eigenvalue weighted by atomic mass is 9.75. The Labute approximate surface area is 149 Å². The minimum absolute atomic E-state index is 0.0104. The zero-order valence-electron chi connectivity index (χ0n) is 14.2. The van der Waals surface area contributed by atoms with Gasteiger partial charge in [0.1, 0.15) is 11.3 Å². The Hall–Kier alpha value is -3.15. The summed E-state index contributed by atoms with van der Waals surface area (Å²) in [6.07, 6.45) is 3.44. The largest absolute Gasteiger partial charge is 0.507 e. The molecule has 4 rings (SSSR count). The number of rotatable bonds is 2. The molecule has 2 heterocycles. The molecule has 0 bridgehead atoms. The maximum atomic E-state index is 12.9. The molecule has 132 valence electrons. The highest BCUT2D eigenvalue weighted by Gasteiger charge is 2.54. The highest BCUT2D eigenvalue weighted by molar-refractivity contribution is 6.29. The van der Waals surface area contributed by atoms with E-state index in [2.05, 4.69) is 0 Å². The number of phenolic OH excluding ortho intramolecular Hbond substituents is 1. The van der Waals surface area contributed by atoms with Crippen LogP contribution >= 0.6 is 0 Å². The standard InChI is InChI=1S/C20H16O6/c1-10-7-11-8-14-16(17(22)12-5-3-4-6-15(12)21)19(24)26-20(14,2)18(23)13(11)9-25-10/h3-6,8-10,21H,7H2,1-2H3. The van der Waals surface area contributed by atoms with Crippen LogP contribution in [0.3, 0.4) is 0 Å². The van der Waals surface area contributed by atoms with Crippen LogP contribution in [0.1, 0.15) is 30.6 Å². The monoisotopic (exact) mass is 352 g/mol. The van der Waals surface area contributed by atoms with E-state index >= 15 is 0 Å². The van der Waals surface area contributed by atoms with Gasteiger partial charge in [-0.3, -0.25) is 9.59 Å². The summed E-state index contributed by atoms with van der Waals surface area (Å²) < 4.78 is 10.7. The molecule has 1 aromatic rings. The van der Waals surface area contributed by atoms with E-state index in [-0.39, 0.29) is 28.6 Å². The van der Waals surface area contributed by atoms with Crippen molar-refractivity contribution in [1.82, 2.24) is 0 Å². The number of hydrogen-bond donors (Lipinski definition) is 1. The van der Waals surface area contributed by atoms with Crippen LogP contribution in [0.4, 0.5) is 0 Å². The van der Waals surface area contributed by atoms with Gasteiger partial charge in [-0.1, -0.05) is 12.1 Å². The molecule has 1 N–H and O–H groups in total. The summed E-state index contributed by atoms with van der Waals surface area (Å²) in [6.45, 7) is 3.34. The maximum Gasteiger partial charge on any atom is 0.343 e. The zero-order valence-corrected chi connectivity index (χ0v) is 14.2. The smallest absolute Gasteiger partial charge is 0.343 e. The van der Waals surface area contributed by atoms with Crippen LogP contribution in [0.2, 0.25) is 0 Å². The molecule has 3 aliphatic rings. The van der Waals surface area contributed by atoms with Crippen LogP contribution in [0.5, 0.6) is 5.75 Å². The average molecular weight is 352 g/mol. The molecule has 0 fully saturated rings. The summed E-state index contributed by atoms with van der Waals surface area (Å²) in [5.74, 6) is -2.18. The predicted octanol–water partition coefficient (Wildman–Crippen LogP) is 2.39. The quantitative estimate of drug-likeness (QED) is 0.499. The summed E-state index contributed by atoms with van der Waals surface area (Å²) in [4.78, 5) is 38.3. The predicted molar refractivity (Wildman–Crippen MR) is 90.3 cm³/mol. The number of benzene rings is 1. The number of ether oxygens (including phenoxy) is 2. The number of Topliss-reactive ketones (excluding diaryl/α,β-unsaturated/α-hetero) is 2. The molecule has 1 aromatic carbocycles. The third-order valence-corrected chi connectivity index (χ3v) is 4.93. The van der Waals surface area contributed by atoms with E-state index in [4.69, 9.17) is 9.47 Å². The van der Waals surface area contributed by atoms with Crippen molar-refractivity contribution in [3.8, 4) is 5.75 Å². The van der Waals surface area contributed by atoms with Crippen molar-refractivity contribution in [2.24, 2.45) is 0 Å². The third-order valence-electron chi connectivity index (χ3n) is 4.93. The lowest BCUT2D eigenvalue weighted by Crippen LogP contribution is -2.42. The molecule has 6 heteroatoms. The van der Waals surface area contributed by atoms with Crippen molar-refractivity contribution < 1.29 is 29.0 Å². The van der Waals surface area contributed by atoms with Crippen molar-refractivity contribution >= 4 is 17.5 Å². The van der Waals surface area contributed by atoms with E-state index in [1.165, 1.54) is 25.3 Å². The summed E-state index contributed by atoms with van der Waals surface area (Å²) in [5, 5.41) is 9.96. The molecule has 26 heavy (non-hydrogen) atoms. The number of aromatic hydroxyl groups is 1. The molecule has 0 amide bonds. The van der Waals surface area contributed by atoms with Crippen molar-refractivity contribution in [2.75, 3.05) is 0 Å². The molecular formula is C20H16O6. The van der Waals surface area contributed by atoms with Crippen molar-refractivity contribution in [1.29, 1.82) is 0 Å². The van der Waals surface area contributed by atoms with E-state index < -0.39 is 23.1 Å². The minimum Gasteiger partial charge on any atom is -0.507 e. The Balaban J connectivity index is 1.92. The van der Waals surface area contributed by atoms with Gasteiger partial charge in [0.25, 0.3) is 0 Å². The van der Waals surface area contributed by atoms with Crippen LogP contribution in [0, 0.1) is 0 Å². The summed E-state index contributed by atoms with van der Waals surface area (Å²) >= 11 is 0. The number of para-hydroxylation sites is 1. The molecule has 1 aliphatic carbocycles. The van der Waals surface area contributed by atoms with Gasteiger partial charge >= 0.3 is 5.97 Å². The molecule has 2 atom stereocenters. The highest BCUT2D eigenvalue weighted by atomic mass is 16.6. The molecule has 2 aliphatic heterocycles. The summed E-state index contributed by atoms with van der Waals surface area (Å²) in [7, 11) is 0. The van der Waals surface area contributed by atoms with Crippen LogP contribution in [0.25, 0.3) is 0 Å². The molecular weight excluding hydrogens is 336 g/mol. The SMILES string of the molecule is CC1CC2=CC3=C(C(=O)c4ccccc4O)C(=O)OC3(C)C(=O)C2=CO1. The first-order valence-electron chi connectivity index (χ1n) is 8.25. The maximum absolute atomic E-state index is 12.9. The van der Waals surface area contributed by atoms with Gasteiger partial charge in [-0.25, -0.2) is 4.79 Å². The number of fused-ring (bicyclic) bond motifs is 2. The molecule has 0 saturated carbocycles. The molecule has 0 saturated heterocycles. The van der Waals surface area contributed by atoms with Gasteiger partial charge in [-0.05, 0) is 37.6 Å². The zero-order chi connectivity index (χ0) is 18.6. The van der Waals surface area contributed by atoms with Crippen molar-refractivity contribution in [2.45, 2.75) is 32.0 Å². The molecule has 0 radical (unpaired) electrons. The second-order valence-corrected chi connectivity index (χ2v) is 6.74. The molecule has 0 spiro atoms. The summed E-state index contributed by atoms with van der Waals surface area (Å²) in [5.41, 5.74) is -0.481. The Kier molecular flexibility index (Phi) is 3.41. The van der Waals surface area contributed by atoms with Gasteiger partial charge in [-0.2, -0.15) is 0 Å². The van der Waals surface area contributed by atoms with E-state index in [1.807, 2.05) is 6.92 Å². The Morgan fingerprint density at radius 2 is 2.00 bits per heavy atom. The Morgan fingerprint density at radius 1 is 1.27 bits per heavy atom. The van der Waals surface area contributed by atoms with Crippen LogP contribution in [-0.2, 0) is 19.1 Å². The number of carbonyl (C=O) groups is 3. The fourth-order valence-electron chi connectivity index (χ4n) is 3.53. The lowest BCUT2D eigenvalue weighted by molar-refractivity contribution is -0.152. The number of ketones is 2. The second kappa shape index (κ2) is 5.42. The van der Waals surface area contributed by atoms with Gasteiger partial charge in [0.15, 0.2) is 5.60 Å². The van der Waals surface area contributed by atoms with E-state index in [0.29, 0.717) is 17.6 Å².